The van der Waals surface area contributed by atoms with Crippen LogP contribution in [0.3, 0.4) is 0 Å². The molecular formula is C5H9ClN2O3. The van der Waals surface area contributed by atoms with Crippen LogP contribution in [-0.2, 0) is 4.84 Å². The van der Waals surface area contributed by atoms with Gasteiger partial charge >= 0.3 is 11.5 Å². The number of hydrogen-bond acceptors (Lipinski definition) is 3. The average molecular weight is 181 g/mol. The third-order valence-corrected chi connectivity index (χ3v) is 1.03. The van der Waals surface area contributed by atoms with Crippen LogP contribution in [0, 0.1) is 0 Å². The normalized spacial score (nSPS) is 8.64. The summed E-state index contributed by atoms with van der Waals surface area (Å²) in [5.74, 6) is 0. The largest absolute Gasteiger partial charge is 0.431 e. The highest BCUT2D eigenvalue weighted by Crippen LogP contribution is 1.93. The fraction of sp³-hybridized carbons (Fsp3) is 0.600. The number of nitrogens with zero attached hydrogens (tertiary/aromatic N) is 1. The molecule has 0 saturated heterocycles. The lowest BCUT2D eigenvalue weighted by Crippen LogP contribution is -2.32. The Morgan fingerprint density at radius 1 is 1.64 bits per heavy atom. The SMILES string of the molecule is CCNC(=O)ON(C)C(=O)Cl. The molecule has 0 unspecified atom stereocenters. The molecule has 0 rings (SSSR count). The van der Waals surface area contributed by atoms with Crippen molar-refractivity contribution in [2.45, 2.75) is 6.92 Å². The molecule has 0 aromatic heterocycles. The Balaban J connectivity index is 3.66. The summed E-state index contributed by atoms with van der Waals surface area (Å²) in [5.41, 5.74) is 0. The van der Waals surface area contributed by atoms with Gasteiger partial charge in [-0.15, -0.1) is 0 Å². The lowest BCUT2D eigenvalue weighted by atomic mass is 10.8. The van der Waals surface area contributed by atoms with Gasteiger partial charge in [0.05, 0.1) is 0 Å². The van der Waals surface area contributed by atoms with Crippen LogP contribution in [0.2, 0.25) is 0 Å². The Kier molecular flexibility index (Phi) is 4.36. The Morgan fingerprint density at radius 3 is 2.55 bits per heavy atom. The first-order chi connectivity index (χ1) is 5.07. The van der Waals surface area contributed by atoms with Crippen LogP contribution in [0.4, 0.5) is 9.59 Å². The van der Waals surface area contributed by atoms with Crippen LogP contribution < -0.4 is 5.32 Å². The monoisotopic (exact) mass is 180 g/mol. The van der Waals surface area contributed by atoms with Gasteiger partial charge in [0.25, 0.3) is 0 Å². The van der Waals surface area contributed by atoms with E-state index in [2.05, 4.69) is 10.2 Å². The van der Waals surface area contributed by atoms with Gasteiger partial charge < -0.3 is 10.2 Å². The summed E-state index contributed by atoms with van der Waals surface area (Å²) in [6.45, 7) is 2.16. The highest BCUT2D eigenvalue weighted by molar-refractivity contribution is 6.62. The molecule has 64 valence electrons. The van der Waals surface area contributed by atoms with Crippen molar-refractivity contribution >= 4 is 23.1 Å². The van der Waals surface area contributed by atoms with E-state index in [4.69, 9.17) is 11.6 Å². The number of carbonyl (C=O) groups is 2. The maximum Gasteiger partial charge on any atom is 0.431 e. The van der Waals surface area contributed by atoms with E-state index in [1.807, 2.05) is 0 Å². The molecule has 0 aromatic rings. The summed E-state index contributed by atoms with van der Waals surface area (Å²) in [6, 6.07) is 0. The summed E-state index contributed by atoms with van der Waals surface area (Å²) in [6.07, 6.45) is -0.705. The predicted octanol–water partition coefficient (Wildman–Crippen LogP) is 0.938. The van der Waals surface area contributed by atoms with E-state index in [9.17, 15) is 9.59 Å². The molecule has 0 radical (unpaired) electrons. The number of halogens is 1. The lowest BCUT2D eigenvalue weighted by molar-refractivity contribution is -0.0282. The fourth-order valence-corrected chi connectivity index (χ4v) is 0.371. The quantitative estimate of drug-likeness (QED) is 0.371. The van der Waals surface area contributed by atoms with Crippen molar-refractivity contribution in [1.82, 2.24) is 10.4 Å². The van der Waals surface area contributed by atoms with Gasteiger partial charge in [0.15, 0.2) is 0 Å². The van der Waals surface area contributed by atoms with Crippen molar-refractivity contribution in [3.05, 3.63) is 0 Å². The number of nitrogens with one attached hydrogen (secondary N) is 1. The molecule has 0 bridgehead atoms. The Hall–Kier alpha value is -0.970. The molecule has 0 heterocycles. The van der Waals surface area contributed by atoms with Gasteiger partial charge in [0, 0.05) is 13.6 Å². The summed E-state index contributed by atoms with van der Waals surface area (Å²) < 4.78 is 0. The molecule has 5 nitrogen and oxygen atoms in total. The lowest BCUT2D eigenvalue weighted by Gasteiger charge is -2.11. The van der Waals surface area contributed by atoms with Gasteiger partial charge in [0.2, 0.25) is 0 Å². The zero-order valence-corrected chi connectivity index (χ0v) is 7.01. The number of amides is 2. The molecule has 11 heavy (non-hydrogen) atoms. The van der Waals surface area contributed by atoms with Gasteiger partial charge in [-0.1, -0.05) is 0 Å². The number of hydrogen-bond donors (Lipinski definition) is 1. The van der Waals surface area contributed by atoms with Crippen molar-refractivity contribution in [3.8, 4) is 0 Å². The van der Waals surface area contributed by atoms with Crippen molar-refractivity contribution in [2.24, 2.45) is 0 Å². The molecule has 0 aliphatic carbocycles. The average Bonchev–Trinajstić information content (AvgIpc) is 1.87. The van der Waals surface area contributed by atoms with E-state index in [-0.39, 0.29) is 0 Å². The van der Waals surface area contributed by atoms with E-state index in [1.54, 1.807) is 6.92 Å². The summed E-state index contributed by atoms with van der Waals surface area (Å²) in [4.78, 5) is 25.2. The van der Waals surface area contributed by atoms with Crippen LogP contribution in [0.15, 0.2) is 0 Å². The highest BCUT2D eigenvalue weighted by Gasteiger charge is 2.09. The van der Waals surface area contributed by atoms with Gasteiger partial charge in [-0.3, -0.25) is 4.79 Å². The van der Waals surface area contributed by atoms with Crippen molar-refractivity contribution < 1.29 is 14.4 Å². The first-order valence-electron chi connectivity index (χ1n) is 2.97. The molecule has 0 atom stereocenters. The molecule has 0 spiro atoms. The standard InChI is InChI=1S/C5H9ClN2O3/c1-3-7-5(10)11-8(2)4(6)9/h3H2,1-2H3,(H,7,10). The third kappa shape index (κ3) is 4.44. The third-order valence-electron chi connectivity index (χ3n) is 0.789. The van der Waals surface area contributed by atoms with Crippen LogP contribution in [0.5, 0.6) is 0 Å². The van der Waals surface area contributed by atoms with Crippen molar-refractivity contribution in [3.63, 3.8) is 0 Å². The second kappa shape index (κ2) is 4.79. The second-order valence-corrected chi connectivity index (χ2v) is 1.98. The summed E-state index contributed by atoms with van der Waals surface area (Å²) >= 11 is 4.95. The summed E-state index contributed by atoms with van der Waals surface area (Å²) in [7, 11) is 1.24. The van der Waals surface area contributed by atoms with Crippen molar-refractivity contribution in [1.29, 1.82) is 0 Å². The molecule has 6 heteroatoms. The second-order valence-electron chi connectivity index (χ2n) is 1.66. The van der Waals surface area contributed by atoms with Gasteiger partial charge in [-0.05, 0) is 18.5 Å². The van der Waals surface area contributed by atoms with Crippen LogP contribution in [-0.4, -0.2) is 30.1 Å². The Morgan fingerprint density at radius 2 is 2.18 bits per heavy atom. The van der Waals surface area contributed by atoms with Crippen LogP contribution in [0.25, 0.3) is 0 Å². The first kappa shape index (κ1) is 10.0. The number of carbonyl (C=O) groups excluding carboxylic acids is 2. The molecule has 1 N–H and O–H groups in total. The maximum absolute atomic E-state index is 10.6. The Labute approximate surface area is 69.2 Å². The molecule has 2 amide bonds. The molecular weight excluding hydrogens is 172 g/mol. The van der Waals surface area contributed by atoms with E-state index < -0.39 is 11.5 Å². The minimum Gasteiger partial charge on any atom is -0.320 e. The van der Waals surface area contributed by atoms with Gasteiger partial charge in [0.1, 0.15) is 0 Å². The topological polar surface area (TPSA) is 58.6 Å². The minimum atomic E-state index is -0.851. The zero-order valence-electron chi connectivity index (χ0n) is 6.26. The maximum atomic E-state index is 10.6. The minimum absolute atomic E-state index is 0.434. The van der Waals surface area contributed by atoms with Gasteiger partial charge in [-0.2, -0.15) is 5.06 Å². The van der Waals surface area contributed by atoms with E-state index in [0.29, 0.717) is 11.6 Å². The molecule has 0 aliphatic heterocycles. The van der Waals surface area contributed by atoms with Crippen molar-refractivity contribution in [2.75, 3.05) is 13.6 Å². The Bertz CT molecular complexity index is 162. The van der Waals surface area contributed by atoms with Crippen LogP contribution in [0.1, 0.15) is 6.92 Å². The zero-order chi connectivity index (χ0) is 8.85. The number of hydroxylamine groups is 2. The number of rotatable bonds is 1. The highest BCUT2D eigenvalue weighted by atomic mass is 35.5. The first-order valence-corrected chi connectivity index (χ1v) is 3.34. The van der Waals surface area contributed by atoms with E-state index in [1.165, 1.54) is 7.05 Å². The molecule has 0 aliphatic rings. The molecule has 0 fully saturated rings. The van der Waals surface area contributed by atoms with E-state index >= 15 is 0 Å². The van der Waals surface area contributed by atoms with E-state index in [0.717, 1.165) is 0 Å². The smallest absolute Gasteiger partial charge is 0.320 e. The predicted molar refractivity (Wildman–Crippen MR) is 39.2 cm³/mol. The summed E-state index contributed by atoms with van der Waals surface area (Å²) in [5, 5.41) is 2.10. The van der Waals surface area contributed by atoms with Gasteiger partial charge in [-0.25, -0.2) is 4.79 Å². The molecule has 0 aromatic carbocycles. The van der Waals surface area contributed by atoms with Crippen LogP contribution >= 0.6 is 11.6 Å². The molecule has 0 saturated carbocycles. The fourth-order valence-electron chi connectivity index (χ4n) is 0.337.